The maximum atomic E-state index is 12.7. The van der Waals surface area contributed by atoms with E-state index in [2.05, 4.69) is 11.4 Å². The fourth-order valence-electron chi connectivity index (χ4n) is 1.66. The maximum absolute atomic E-state index is 12.7. The van der Waals surface area contributed by atoms with E-state index in [4.69, 9.17) is 5.26 Å². The van der Waals surface area contributed by atoms with E-state index in [9.17, 15) is 9.50 Å². The van der Waals surface area contributed by atoms with Crippen molar-refractivity contribution in [3.63, 3.8) is 0 Å². The molecule has 0 aliphatic heterocycles. The first-order valence-corrected chi connectivity index (χ1v) is 4.83. The summed E-state index contributed by atoms with van der Waals surface area (Å²) in [5, 5.41) is 21.4. The third-order valence-corrected chi connectivity index (χ3v) is 2.75. The third kappa shape index (κ3) is 1.73. The average molecular weight is 206 g/mol. The van der Waals surface area contributed by atoms with Crippen LogP contribution in [0.1, 0.15) is 19.3 Å². The number of benzene rings is 1. The highest BCUT2D eigenvalue weighted by atomic mass is 19.1. The summed E-state index contributed by atoms with van der Waals surface area (Å²) < 4.78 is 12.7. The van der Waals surface area contributed by atoms with Crippen molar-refractivity contribution in [2.24, 2.45) is 0 Å². The normalized spacial score (nSPS) is 17.6. The Hall–Kier alpha value is -1.76. The summed E-state index contributed by atoms with van der Waals surface area (Å²) >= 11 is 0. The lowest BCUT2D eigenvalue weighted by Crippen LogP contribution is -2.43. The van der Waals surface area contributed by atoms with Crippen LogP contribution in [0, 0.1) is 17.1 Å². The zero-order valence-electron chi connectivity index (χ0n) is 8.13. The number of aromatic hydroxyl groups is 1. The molecule has 0 bridgehead atoms. The monoisotopic (exact) mass is 206 g/mol. The predicted octanol–water partition coefficient (Wildman–Crippen LogP) is 2.39. The van der Waals surface area contributed by atoms with Crippen molar-refractivity contribution in [2.75, 3.05) is 5.32 Å². The molecule has 1 aliphatic carbocycles. The van der Waals surface area contributed by atoms with E-state index in [0.29, 0.717) is 5.69 Å². The van der Waals surface area contributed by atoms with Gasteiger partial charge in [-0.3, -0.25) is 0 Å². The summed E-state index contributed by atoms with van der Waals surface area (Å²) in [6.07, 6.45) is 2.53. The van der Waals surface area contributed by atoms with Crippen LogP contribution in [0.2, 0.25) is 0 Å². The summed E-state index contributed by atoms with van der Waals surface area (Å²) in [6.45, 7) is 0. The summed E-state index contributed by atoms with van der Waals surface area (Å²) in [7, 11) is 0. The van der Waals surface area contributed by atoms with Crippen LogP contribution < -0.4 is 5.32 Å². The van der Waals surface area contributed by atoms with Crippen LogP contribution in [0.5, 0.6) is 5.75 Å². The van der Waals surface area contributed by atoms with Crippen molar-refractivity contribution in [3.05, 3.63) is 24.0 Å². The molecule has 0 heterocycles. The van der Waals surface area contributed by atoms with Crippen molar-refractivity contribution < 1.29 is 9.50 Å². The van der Waals surface area contributed by atoms with Crippen molar-refractivity contribution >= 4 is 5.69 Å². The van der Waals surface area contributed by atoms with Crippen molar-refractivity contribution in [1.82, 2.24) is 0 Å². The number of nitriles is 1. The lowest BCUT2D eigenvalue weighted by Gasteiger charge is -2.36. The molecule has 0 spiro atoms. The largest absolute Gasteiger partial charge is 0.506 e. The standard InChI is InChI=1S/C11H11FN2O/c12-8-2-3-9(10(15)6-8)14-11(7-13)4-1-5-11/h2-3,6,14-15H,1,4-5H2. The van der Waals surface area contributed by atoms with E-state index < -0.39 is 11.4 Å². The first kappa shape index (κ1) is 9.78. The summed E-state index contributed by atoms with van der Waals surface area (Å²) in [6, 6.07) is 5.93. The molecule has 0 atom stereocenters. The number of hydrogen-bond donors (Lipinski definition) is 2. The molecule has 2 N–H and O–H groups in total. The highest BCUT2D eigenvalue weighted by Crippen LogP contribution is 2.37. The first-order chi connectivity index (χ1) is 7.15. The van der Waals surface area contributed by atoms with E-state index >= 15 is 0 Å². The quantitative estimate of drug-likeness (QED) is 0.730. The maximum Gasteiger partial charge on any atom is 0.141 e. The second-order valence-electron chi connectivity index (χ2n) is 3.83. The van der Waals surface area contributed by atoms with Crippen LogP contribution in [0.15, 0.2) is 18.2 Å². The van der Waals surface area contributed by atoms with Gasteiger partial charge in [0.15, 0.2) is 0 Å². The summed E-state index contributed by atoms with van der Waals surface area (Å²) in [5.41, 5.74) is -0.160. The number of phenols is 1. The molecule has 0 aromatic heterocycles. The predicted molar refractivity (Wildman–Crippen MR) is 53.9 cm³/mol. The molecule has 0 amide bonds. The van der Waals surface area contributed by atoms with E-state index in [1.54, 1.807) is 0 Å². The number of nitrogens with zero attached hydrogens (tertiary/aromatic N) is 1. The van der Waals surface area contributed by atoms with Crippen LogP contribution in [0.25, 0.3) is 0 Å². The van der Waals surface area contributed by atoms with Gasteiger partial charge in [0.25, 0.3) is 0 Å². The number of halogens is 1. The van der Waals surface area contributed by atoms with Crippen LogP contribution in [0.4, 0.5) is 10.1 Å². The van der Waals surface area contributed by atoms with Gasteiger partial charge in [-0.05, 0) is 31.4 Å². The van der Waals surface area contributed by atoms with Gasteiger partial charge in [0.1, 0.15) is 17.1 Å². The minimum absolute atomic E-state index is 0.156. The van der Waals surface area contributed by atoms with E-state index in [0.717, 1.165) is 25.3 Å². The Kier molecular flexibility index (Phi) is 2.24. The van der Waals surface area contributed by atoms with Gasteiger partial charge in [-0.1, -0.05) is 0 Å². The van der Waals surface area contributed by atoms with Crippen LogP contribution in [0.3, 0.4) is 0 Å². The Morgan fingerprint density at radius 1 is 1.47 bits per heavy atom. The molecule has 4 heteroatoms. The highest BCUT2D eigenvalue weighted by molar-refractivity contribution is 5.58. The first-order valence-electron chi connectivity index (χ1n) is 4.83. The van der Waals surface area contributed by atoms with Gasteiger partial charge >= 0.3 is 0 Å². The Morgan fingerprint density at radius 2 is 2.20 bits per heavy atom. The minimum atomic E-state index is -0.574. The van der Waals surface area contributed by atoms with Gasteiger partial charge in [0.05, 0.1) is 11.8 Å². The molecule has 0 saturated heterocycles. The van der Waals surface area contributed by atoms with Gasteiger partial charge in [-0.2, -0.15) is 5.26 Å². The van der Waals surface area contributed by atoms with Gasteiger partial charge in [-0.25, -0.2) is 4.39 Å². The Morgan fingerprint density at radius 3 is 2.67 bits per heavy atom. The molecule has 78 valence electrons. The topological polar surface area (TPSA) is 56.0 Å². The molecule has 1 saturated carbocycles. The van der Waals surface area contributed by atoms with Gasteiger partial charge < -0.3 is 10.4 Å². The number of hydrogen-bond acceptors (Lipinski definition) is 3. The molecule has 2 rings (SSSR count). The smallest absolute Gasteiger partial charge is 0.141 e. The van der Waals surface area contributed by atoms with E-state index in [-0.39, 0.29) is 5.75 Å². The minimum Gasteiger partial charge on any atom is -0.506 e. The van der Waals surface area contributed by atoms with Crippen LogP contribution in [-0.4, -0.2) is 10.6 Å². The Balaban J connectivity index is 2.21. The van der Waals surface area contributed by atoms with Gasteiger partial charge in [-0.15, -0.1) is 0 Å². The number of nitrogens with one attached hydrogen (secondary N) is 1. The summed E-state index contributed by atoms with van der Waals surface area (Å²) in [4.78, 5) is 0. The fourth-order valence-corrected chi connectivity index (χ4v) is 1.66. The third-order valence-electron chi connectivity index (χ3n) is 2.75. The molecular weight excluding hydrogens is 195 g/mol. The lowest BCUT2D eigenvalue weighted by atomic mass is 9.78. The van der Waals surface area contributed by atoms with E-state index in [1.807, 2.05) is 0 Å². The zero-order valence-corrected chi connectivity index (χ0v) is 8.13. The van der Waals surface area contributed by atoms with Gasteiger partial charge in [0.2, 0.25) is 0 Å². The fraction of sp³-hybridized carbons (Fsp3) is 0.364. The van der Waals surface area contributed by atoms with Crippen LogP contribution >= 0.6 is 0 Å². The summed E-state index contributed by atoms with van der Waals surface area (Å²) in [5.74, 6) is -0.644. The Labute approximate surface area is 87.2 Å². The number of anilines is 1. The molecule has 1 fully saturated rings. The van der Waals surface area contributed by atoms with Crippen LogP contribution in [-0.2, 0) is 0 Å². The molecule has 0 unspecified atom stereocenters. The van der Waals surface area contributed by atoms with Gasteiger partial charge in [0, 0.05) is 6.07 Å². The molecule has 0 radical (unpaired) electrons. The molecule has 3 nitrogen and oxygen atoms in total. The Bertz CT molecular complexity index is 421. The molecule has 1 aromatic rings. The molecule has 1 aromatic carbocycles. The number of phenolic OH excluding ortho intramolecular Hbond substituents is 1. The number of rotatable bonds is 2. The SMILES string of the molecule is N#CC1(Nc2ccc(F)cc2O)CCC1. The molecular formula is C11H11FN2O. The van der Waals surface area contributed by atoms with Crippen molar-refractivity contribution in [1.29, 1.82) is 5.26 Å². The van der Waals surface area contributed by atoms with Crippen molar-refractivity contribution in [2.45, 2.75) is 24.8 Å². The van der Waals surface area contributed by atoms with E-state index in [1.165, 1.54) is 12.1 Å². The second kappa shape index (κ2) is 3.43. The highest BCUT2D eigenvalue weighted by Gasteiger charge is 2.37. The molecule has 15 heavy (non-hydrogen) atoms. The second-order valence-corrected chi connectivity index (χ2v) is 3.83. The average Bonchev–Trinajstić information content (AvgIpc) is 2.14. The zero-order chi connectivity index (χ0) is 10.9. The molecule has 1 aliphatic rings. The van der Waals surface area contributed by atoms with Crippen molar-refractivity contribution in [3.8, 4) is 11.8 Å². The lowest BCUT2D eigenvalue weighted by molar-refractivity contribution is 0.354.